The number of aromatic nitrogens is 1. The van der Waals surface area contributed by atoms with Crippen LogP contribution in [0.2, 0.25) is 0 Å². The molecule has 2 aromatic rings. The van der Waals surface area contributed by atoms with Gasteiger partial charge >= 0.3 is 17.9 Å². The Labute approximate surface area is 215 Å². The van der Waals surface area contributed by atoms with Crippen molar-refractivity contribution in [1.29, 1.82) is 0 Å². The molecular formula is C20H19N5O10S2. The van der Waals surface area contributed by atoms with Gasteiger partial charge in [0.25, 0.3) is 11.8 Å². The van der Waals surface area contributed by atoms with E-state index in [1.165, 1.54) is 42.6 Å². The number of carbonyl (C=O) groups is 4. The molecule has 17 heteroatoms. The van der Waals surface area contributed by atoms with Gasteiger partial charge in [0, 0.05) is 16.7 Å². The summed E-state index contributed by atoms with van der Waals surface area (Å²) >= 11 is 2.47. The summed E-state index contributed by atoms with van der Waals surface area (Å²) in [5.74, 6) is -2.95. The van der Waals surface area contributed by atoms with Crippen LogP contribution < -0.4 is 16.9 Å². The minimum Gasteiger partial charge on any atom is -0.453 e. The second kappa shape index (κ2) is 10.9. The molecule has 1 unspecified atom stereocenters. The van der Waals surface area contributed by atoms with E-state index in [0.29, 0.717) is 0 Å². The summed E-state index contributed by atoms with van der Waals surface area (Å²) in [5, 5.41) is 7.21. The van der Waals surface area contributed by atoms with E-state index in [0.717, 1.165) is 4.90 Å². The molecule has 3 amide bonds. The Balaban J connectivity index is 1.53. The van der Waals surface area contributed by atoms with Crippen LogP contribution in [-0.2, 0) is 35.3 Å². The van der Waals surface area contributed by atoms with Gasteiger partial charge in [-0.3, -0.25) is 14.5 Å². The van der Waals surface area contributed by atoms with Gasteiger partial charge in [0.2, 0.25) is 0 Å². The van der Waals surface area contributed by atoms with E-state index >= 15 is 0 Å². The molecule has 37 heavy (non-hydrogen) atoms. The largest absolute Gasteiger partial charge is 0.519 e. The van der Waals surface area contributed by atoms with Gasteiger partial charge in [-0.15, -0.1) is 23.1 Å². The number of carbonyl (C=O) groups excluding carboxylic acids is 4. The highest BCUT2D eigenvalue weighted by atomic mass is 32.2. The molecule has 1 fully saturated rings. The van der Waals surface area contributed by atoms with Crippen molar-refractivity contribution in [2.45, 2.75) is 24.9 Å². The van der Waals surface area contributed by atoms with Crippen molar-refractivity contribution in [3.63, 3.8) is 0 Å². The number of fused-ring (bicyclic) bond motifs is 1. The number of esters is 1. The van der Waals surface area contributed by atoms with E-state index in [1.54, 1.807) is 5.38 Å². The average Bonchev–Trinajstić information content (AvgIpc) is 3.51. The third-order valence-electron chi connectivity index (χ3n) is 5.16. The molecule has 0 spiro atoms. The standard InChI is InChI=1S/C20H19N5O10S2/c1-8-11(35-20(30)34-8)4-32-18(28)14-9(3-33-19(21)29)5-37-17-13(16(27)25(14)17)23-15(26)12(24-31-2)10-6-36-7-22-10/h6-7,13,17H,3-5H2,1-2H3,(H2,21,29)(H,23,26)/b24-12-/t13?,17-/m1/s1. The molecule has 196 valence electrons. The van der Waals surface area contributed by atoms with Crippen LogP contribution in [0, 0.1) is 6.92 Å². The molecule has 0 bridgehead atoms. The summed E-state index contributed by atoms with van der Waals surface area (Å²) < 4.78 is 19.6. The maximum absolute atomic E-state index is 13.1. The van der Waals surface area contributed by atoms with Gasteiger partial charge in [-0.05, 0) is 6.92 Å². The number of amides is 3. The van der Waals surface area contributed by atoms with E-state index in [1.807, 2.05) is 0 Å². The molecule has 2 aliphatic rings. The van der Waals surface area contributed by atoms with Crippen LogP contribution in [0.5, 0.6) is 0 Å². The Bertz CT molecular complexity index is 1350. The molecule has 2 atom stereocenters. The van der Waals surface area contributed by atoms with Gasteiger partial charge in [-0.2, -0.15) is 0 Å². The number of hydrogen-bond acceptors (Lipinski definition) is 14. The lowest BCUT2D eigenvalue weighted by atomic mass is 10.0. The Hall–Kier alpha value is -4.12. The van der Waals surface area contributed by atoms with Gasteiger partial charge in [0.1, 0.15) is 36.5 Å². The van der Waals surface area contributed by atoms with Gasteiger partial charge in [0.05, 0.1) is 5.51 Å². The van der Waals surface area contributed by atoms with E-state index in [2.05, 4.69) is 15.5 Å². The predicted octanol–water partition coefficient (Wildman–Crippen LogP) is -0.159. The van der Waals surface area contributed by atoms with Crippen molar-refractivity contribution in [3.05, 3.63) is 50.0 Å². The first-order valence-electron chi connectivity index (χ1n) is 10.4. The van der Waals surface area contributed by atoms with Crippen LogP contribution in [-0.4, -0.2) is 70.4 Å². The average molecular weight is 554 g/mol. The van der Waals surface area contributed by atoms with Crippen LogP contribution in [0.25, 0.3) is 0 Å². The summed E-state index contributed by atoms with van der Waals surface area (Å²) in [5.41, 5.74) is 6.78. The number of ether oxygens (including phenoxy) is 2. The number of aryl methyl sites for hydroxylation is 1. The number of nitrogens with one attached hydrogen (secondary N) is 1. The quantitative estimate of drug-likeness (QED) is 0.180. The fourth-order valence-corrected chi connectivity index (χ4v) is 5.35. The molecule has 2 aliphatic heterocycles. The molecule has 0 aliphatic carbocycles. The first kappa shape index (κ1) is 26.0. The fourth-order valence-electron chi connectivity index (χ4n) is 3.48. The lowest BCUT2D eigenvalue weighted by molar-refractivity contribution is -0.153. The van der Waals surface area contributed by atoms with Gasteiger partial charge in [-0.25, -0.2) is 19.4 Å². The summed E-state index contributed by atoms with van der Waals surface area (Å²) in [6.45, 7) is 0.634. The molecular weight excluding hydrogens is 534 g/mol. The normalized spacial score (nSPS) is 19.1. The van der Waals surface area contributed by atoms with E-state index in [9.17, 15) is 24.0 Å². The van der Waals surface area contributed by atoms with Crippen molar-refractivity contribution in [2.75, 3.05) is 19.5 Å². The van der Waals surface area contributed by atoms with E-state index < -0.39 is 47.7 Å². The minimum absolute atomic E-state index is 0.0114. The predicted molar refractivity (Wildman–Crippen MR) is 125 cm³/mol. The smallest absolute Gasteiger partial charge is 0.453 e. The molecule has 4 heterocycles. The SMILES string of the molecule is CO/N=C(\C(=O)NC1C(=O)N2C(C(=O)OCc3oc(=O)oc3C)=C(COC(N)=O)CS[C@H]12)c1cscn1. The van der Waals surface area contributed by atoms with Crippen molar-refractivity contribution < 1.29 is 42.3 Å². The lowest BCUT2D eigenvalue weighted by Crippen LogP contribution is -2.71. The first-order valence-corrected chi connectivity index (χ1v) is 12.4. The molecule has 1 saturated heterocycles. The zero-order valence-electron chi connectivity index (χ0n) is 19.2. The fraction of sp³-hybridized carbons (Fsp3) is 0.350. The Morgan fingerprint density at radius 1 is 1.27 bits per heavy atom. The van der Waals surface area contributed by atoms with Crippen molar-refractivity contribution in [1.82, 2.24) is 15.2 Å². The number of nitrogens with zero attached hydrogens (tertiary/aromatic N) is 3. The van der Waals surface area contributed by atoms with Crippen molar-refractivity contribution in [3.8, 4) is 0 Å². The van der Waals surface area contributed by atoms with Crippen molar-refractivity contribution in [2.24, 2.45) is 10.9 Å². The summed E-state index contributed by atoms with van der Waals surface area (Å²) in [6, 6.07) is -1.01. The molecule has 0 saturated carbocycles. The molecule has 0 aromatic carbocycles. The van der Waals surface area contributed by atoms with Crippen LogP contribution in [0.3, 0.4) is 0 Å². The van der Waals surface area contributed by atoms with Crippen LogP contribution in [0.4, 0.5) is 4.79 Å². The van der Waals surface area contributed by atoms with E-state index in [-0.39, 0.29) is 46.6 Å². The number of oxime groups is 1. The number of thioether (sulfide) groups is 1. The number of rotatable bonds is 9. The number of primary amides is 1. The van der Waals surface area contributed by atoms with Crippen LogP contribution in [0.1, 0.15) is 17.2 Å². The van der Waals surface area contributed by atoms with Gasteiger partial charge < -0.3 is 34.2 Å². The van der Waals surface area contributed by atoms with Crippen LogP contribution >= 0.6 is 23.1 Å². The second-order valence-corrected chi connectivity index (χ2v) is 9.25. The summed E-state index contributed by atoms with van der Waals surface area (Å²) in [6.07, 6.45) is -1.07. The van der Waals surface area contributed by atoms with Crippen molar-refractivity contribution >= 4 is 52.7 Å². The van der Waals surface area contributed by atoms with Crippen LogP contribution in [0.15, 0.2) is 40.9 Å². The molecule has 4 rings (SSSR count). The molecule has 2 aromatic heterocycles. The zero-order valence-corrected chi connectivity index (χ0v) is 20.9. The molecule has 0 radical (unpaired) electrons. The Morgan fingerprint density at radius 2 is 2.05 bits per heavy atom. The Morgan fingerprint density at radius 3 is 2.68 bits per heavy atom. The number of hydrogen-bond donors (Lipinski definition) is 2. The maximum Gasteiger partial charge on any atom is 0.519 e. The monoisotopic (exact) mass is 553 g/mol. The highest BCUT2D eigenvalue weighted by Gasteiger charge is 2.55. The topological polar surface area (TPSA) is 206 Å². The number of nitrogens with two attached hydrogens (primary N) is 1. The summed E-state index contributed by atoms with van der Waals surface area (Å²) in [7, 11) is 1.27. The molecule has 15 nitrogen and oxygen atoms in total. The summed E-state index contributed by atoms with van der Waals surface area (Å²) in [4.78, 5) is 71.2. The Kier molecular flexibility index (Phi) is 7.63. The minimum atomic E-state index is -1.07. The highest BCUT2D eigenvalue weighted by molar-refractivity contribution is 8.00. The zero-order chi connectivity index (χ0) is 26.7. The molecule has 3 N–H and O–H groups in total. The first-order chi connectivity index (χ1) is 17.7. The lowest BCUT2D eigenvalue weighted by Gasteiger charge is -2.49. The highest BCUT2D eigenvalue weighted by Crippen LogP contribution is 2.41. The van der Waals surface area contributed by atoms with E-state index in [4.69, 9.17) is 28.9 Å². The third kappa shape index (κ3) is 5.36. The number of thiazole rings is 1. The third-order valence-corrected chi connectivity index (χ3v) is 7.08. The number of β-lactam (4-membered cyclic amide) rings is 1. The maximum atomic E-state index is 13.1. The second-order valence-electron chi connectivity index (χ2n) is 7.43. The van der Waals surface area contributed by atoms with Gasteiger partial charge in [0.15, 0.2) is 23.8 Å². The van der Waals surface area contributed by atoms with Gasteiger partial charge in [-0.1, -0.05) is 5.16 Å².